The van der Waals surface area contributed by atoms with Crippen LogP contribution in [0.25, 0.3) is 0 Å². The summed E-state index contributed by atoms with van der Waals surface area (Å²) in [6.07, 6.45) is 15.2. The highest BCUT2D eigenvalue weighted by Gasteiger charge is 2.35. The van der Waals surface area contributed by atoms with E-state index in [1.165, 1.54) is 65.6 Å². The molecule has 1 aliphatic heterocycles. The fraction of sp³-hybridized carbons (Fsp3) is 0.889. The van der Waals surface area contributed by atoms with Crippen molar-refractivity contribution in [1.29, 1.82) is 0 Å². The minimum Gasteiger partial charge on any atom is -0.334 e. The lowest BCUT2D eigenvalue weighted by atomic mass is 10.1. The van der Waals surface area contributed by atoms with E-state index in [2.05, 4.69) is 11.8 Å². The van der Waals surface area contributed by atoms with Gasteiger partial charge in [0, 0.05) is 39.7 Å². The topological polar surface area (TPSA) is 51.2 Å². The molecule has 0 aromatic carbocycles. The van der Waals surface area contributed by atoms with E-state index >= 15 is 0 Å². The zero-order valence-corrected chi connectivity index (χ0v) is 17.4. The standard InChI is InChI=1S/C18H37N2O4P/c1-5-7-8-9-10-11-12-13-14-15-20-17-16-19(6-2)18(20)24-25(21,22-3)23-4/h16-18H,5-15H2,1-4H3. The van der Waals surface area contributed by atoms with Gasteiger partial charge in [0.15, 0.2) is 0 Å². The maximum atomic E-state index is 12.3. The third-order valence-electron chi connectivity index (χ3n) is 4.57. The summed E-state index contributed by atoms with van der Waals surface area (Å²) in [5, 5.41) is 0. The van der Waals surface area contributed by atoms with Crippen molar-refractivity contribution in [2.45, 2.75) is 78.0 Å². The third kappa shape index (κ3) is 8.12. The van der Waals surface area contributed by atoms with Gasteiger partial charge in [-0.05, 0) is 13.3 Å². The molecule has 1 heterocycles. The minimum absolute atomic E-state index is 0.426. The summed E-state index contributed by atoms with van der Waals surface area (Å²) in [6.45, 7) is 5.93. The first-order valence-electron chi connectivity index (χ1n) is 9.70. The van der Waals surface area contributed by atoms with Gasteiger partial charge < -0.3 is 9.80 Å². The Hall–Kier alpha value is -0.550. The first-order valence-corrected chi connectivity index (χ1v) is 11.2. The molecule has 1 rings (SSSR count). The van der Waals surface area contributed by atoms with Crippen LogP contribution >= 0.6 is 7.82 Å². The molecule has 0 saturated heterocycles. The van der Waals surface area contributed by atoms with Crippen molar-refractivity contribution < 1.29 is 18.1 Å². The molecular weight excluding hydrogens is 339 g/mol. The molecule has 0 fully saturated rings. The largest absolute Gasteiger partial charge is 0.477 e. The van der Waals surface area contributed by atoms with Crippen LogP contribution in [-0.4, -0.2) is 43.5 Å². The molecule has 148 valence electrons. The zero-order chi connectivity index (χ0) is 18.5. The van der Waals surface area contributed by atoms with Gasteiger partial charge in [-0.2, -0.15) is 0 Å². The Bertz CT molecular complexity index is 412. The number of hydrogen-bond acceptors (Lipinski definition) is 6. The van der Waals surface area contributed by atoms with Gasteiger partial charge in [0.05, 0.1) is 0 Å². The number of nitrogens with zero attached hydrogens (tertiary/aromatic N) is 2. The van der Waals surface area contributed by atoms with Crippen LogP contribution in [0.5, 0.6) is 0 Å². The first kappa shape index (κ1) is 22.5. The van der Waals surface area contributed by atoms with Gasteiger partial charge in [0.25, 0.3) is 0 Å². The molecule has 0 radical (unpaired) electrons. The number of phosphoric acid groups is 1. The van der Waals surface area contributed by atoms with Crippen molar-refractivity contribution in [2.75, 3.05) is 27.3 Å². The molecule has 0 aliphatic carbocycles. The smallest absolute Gasteiger partial charge is 0.334 e. The van der Waals surface area contributed by atoms with Crippen molar-refractivity contribution in [3.05, 3.63) is 12.4 Å². The van der Waals surface area contributed by atoms with Gasteiger partial charge in [-0.1, -0.05) is 58.3 Å². The van der Waals surface area contributed by atoms with Crippen LogP contribution in [0.3, 0.4) is 0 Å². The monoisotopic (exact) mass is 376 g/mol. The van der Waals surface area contributed by atoms with E-state index in [1.807, 2.05) is 24.2 Å². The molecule has 1 atom stereocenters. The fourth-order valence-electron chi connectivity index (χ4n) is 2.96. The molecule has 6 nitrogen and oxygen atoms in total. The van der Waals surface area contributed by atoms with Gasteiger partial charge >= 0.3 is 7.82 Å². The molecule has 0 amide bonds. The number of phosphoric ester groups is 1. The second-order valence-corrected chi connectivity index (χ2v) is 8.27. The van der Waals surface area contributed by atoms with Gasteiger partial charge in [0.1, 0.15) is 0 Å². The van der Waals surface area contributed by atoms with Gasteiger partial charge in [-0.3, -0.25) is 9.05 Å². The summed E-state index contributed by atoms with van der Waals surface area (Å²) >= 11 is 0. The second kappa shape index (κ2) is 12.7. The summed E-state index contributed by atoms with van der Waals surface area (Å²) in [6, 6.07) is 0. The van der Waals surface area contributed by atoms with Crippen LogP contribution in [0.2, 0.25) is 0 Å². The zero-order valence-electron chi connectivity index (χ0n) is 16.5. The van der Waals surface area contributed by atoms with Crippen LogP contribution in [0, 0.1) is 0 Å². The van der Waals surface area contributed by atoms with E-state index in [0.717, 1.165) is 19.5 Å². The van der Waals surface area contributed by atoms with Crippen LogP contribution in [0.4, 0.5) is 0 Å². The van der Waals surface area contributed by atoms with Gasteiger partial charge in [-0.15, -0.1) is 0 Å². The second-order valence-electron chi connectivity index (χ2n) is 6.44. The van der Waals surface area contributed by atoms with Crippen LogP contribution in [-0.2, 0) is 18.1 Å². The predicted octanol–water partition coefficient (Wildman–Crippen LogP) is 5.33. The lowest BCUT2D eigenvalue weighted by Gasteiger charge is -2.32. The van der Waals surface area contributed by atoms with E-state index in [0.29, 0.717) is 0 Å². The Kier molecular flexibility index (Phi) is 11.5. The van der Waals surface area contributed by atoms with E-state index < -0.39 is 14.2 Å². The SMILES string of the molecule is CCCCCCCCCCCN1C=CN(CC)C1OP(=O)(OC)OC. The Balaban J connectivity index is 2.29. The molecule has 0 saturated carbocycles. The Morgan fingerprint density at radius 3 is 1.88 bits per heavy atom. The molecular formula is C18H37N2O4P. The van der Waals surface area contributed by atoms with Crippen molar-refractivity contribution in [1.82, 2.24) is 9.80 Å². The predicted molar refractivity (Wildman–Crippen MR) is 102 cm³/mol. The van der Waals surface area contributed by atoms with Crippen LogP contribution in [0.1, 0.15) is 71.6 Å². The number of hydrogen-bond donors (Lipinski definition) is 0. The lowest BCUT2D eigenvalue weighted by Crippen LogP contribution is -2.40. The van der Waals surface area contributed by atoms with Gasteiger partial charge in [-0.25, -0.2) is 9.09 Å². The van der Waals surface area contributed by atoms with Crippen LogP contribution < -0.4 is 0 Å². The van der Waals surface area contributed by atoms with Crippen molar-refractivity contribution in [3.8, 4) is 0 Å². The molecule has 1 aliphatic rings. The maximum Gasteiger partial charge on any atom is 0.477 e. The van der Waals surface area contributed by atoms with E-state index in [-0.39, 0.29) is 0 Å². The maximum absolute atomic E-state index is 12.3. The molecule has 0 aromatic rings. The van der Waals surface area contributed by atoms with E-state index in [4.69, 9.17) is 13.6 Å². The Morgan fingerprint density at radius 2 is 1.36 bits per heavy atom. The summed E-state index contributed by atoms with van der Waals surface area (Å²) in [7, 11) is -0.823. The Morgan fingerprint density at radius 1 is 0.840 bits per heavy atom. The summed E-state index contributed by atoms with van der Waals surface area (Å²) in [5.74, 6) is 0. The number of rotatable bonds is 15. The quantitative estimate of drug-likeness (QED) is 0.284. The molecule has 0 aromatic heterocycles. The van der Waals surface area contributed by atoms with Gasteiger partial charge in [0.2, 0.25) is 6.35 Å². The third-order valence-corrected chi connectivity index (χ3v) is 5.91. The summed E-state index contributed by atoms with van der Waals surface area (Å²) in [4.78, 5) is 4.05. The highest BCUT2D eigenvalue weighted by Crippen LogP contribution is 2.50. The summed E-state index contributed by atoms with van der Waals surface area (Å²) in [5.41, 5.74) is 0. The highest BCUT2D eigenvalue weighted by molar-refractivity contribution is 7.48. The van der Waals surface area contributed by atoms with Crippen LogP contribution in [0.15, 0.2) is 12.4 Å². The van der Waals surface area contributed by atoms with Crippen molar-refractivity contribution in [3.63, 3.8) is 0 Å². The summed E-state index contributed by atoms with van der Waals surface area (Å²) < 4.78 is 27.8. The van der Waals surface area contributed by atoms with E-state index in [9.17, 15) is 4.57 Å². The average Bonchev–Trinajstić information content (AvgIpc) is 3.01. The molecule has 0 bridgehead atoms. The first-order chi connectivity index (χ1) is 12.1. The van der Waals surface area contributed by atoms with Crippen molar-refractivity contribution in [2.24, 2.45) is 0 Å². The van der Waals surface area contributed by atoms with E-state index in [1.54, 1.807) is 0 Å². The number of unbranched alkanes of at least 4 members (excludes halogenated alkanes) is 8. The molecule has 1 unspecified atom stereocenters. The normalized spacial score (nSPS) is 17.7. The Labute approximate surface area is 154 Å². The molecule has 0 spiro atoms. The molecule has 25 heavy (non-hydrogen) atoms. The average molecular weight is 376 g/mol. The fourth-order valence-corrected chi connectivity index (χ4v) is 3.75. The molecule has 0 N–H and O–H groups in total. The molecule has 7 heteroatoms. The highest BCUT2D eigenvalue weighted by atomic mass is 31.2. The lowest BCUT2D eigenvalue weighted by molar-refractivity contribution is -0.0479. The van der Waals surface area contributed by atoms with Crippen molar-refractivity contribution >= 4 is 7.82 Å². The minimum atomic E-state index is -3.50.